The first-order valence-corrected chi connectivity index (χ1v) is 15.1. The van der Waals surface area contributed by atoms with E-state index in [1.165, 1.54) is 27.6 Å². The maximum absolute atomic E-state index is 9.51. The van der Waals surface area contributed by atoms with Crippen LogP contribution in [0.4, 0.5) is 0 Å². The number of nitrogens with zero attached hydrogens (tertiary/aromatic N) is 4. The van der Waals surface area contributed by atoms with Gasteiger partial charge in [0.15, 0.2) is 17.5 Å². The third-order valence-electron chi connectivity index (χ3n) is 8.93. The van der Waals surface area contributed by atoms with Crippen molar-refractivity contribution in [3.8, 4) is 62.5 Å². The van der Waals surface area contributed by atoms with E-state index in [4.69, 9.17) is 15.0 Å². The summed E-state index contributed by atoms with van der Waals surface area (Å²) >= 11 is 0. The summed E-state index contributed by atoms with van der Waals surface area (Å²) in [4.78, 5) is 14.9. The predicted molar refractivity (Wildman–Crippen MR) is 181 cm³/mol. The van der Waals surface area contributed by atoms with Crippen molar-refractivity contribution in [1.82, 2.24) is 15.0 Å². The number of nitriles is 1. The first kappa shape index (κ1) is 26.7. The average molecular weight is 577 g/mol. The summed E-state index contributed by atoms with van der Waals surface area (Å²) < 4.78 is 0. The fourth-order valence-electron chi connectivity index (χ4n) is 6.50. The molecule has 4 heteroatoms. The molecule has 1 aliphatic rings. The van der Waals surface area contributed by atoms with Crippen molar-refractivity contribution in [3.05, 3.63) is 150 Å². The lowest BCUT2D eigenvalue weighted by Crippen LogP contribution is -2.15. The van der Waals surface area contributed by atoms with Gasteiger partial charge in [-0.25, -0.2) is 15.0 Å². The van der Waals surface area contributed by atoms with Crippen LogP contribution in [-0.2, 0) is 5.41 Å². The zero-order chi connectivity index (χ0) is 30.5. The molecule has 7 aromatic rings. The zero-order valence-electron chi connectivity index (χ0n) is 25.0. The summed E-state index contributed by atoms with van der Waals surface area (Å²) in [6.45, 7) is 4.48. The number of hydrogen-bond donors (Lipinski definition) is 0. The normalized spacial score (nSPS) is 12.8. The van der Waals surface area contributed by atoms with Gasteiger partial charge in [-0.1, -0.05) is 117 Å². The third kappa shape index (κ3) is 4.58. The van der Waals surface area contributed by atoms with E-state index in [0.29, 0.717) is 23.0 Å². The Morgan fingerprint density at radius 3 is 1.78 bits per heavy atom. The number of rotatable bonds is 4. The standard InChI is InChI=1S/C41H28N4/c1-41(2)36-21-26(25-42)15-19-34(36)35-20-18-31(24-37(35)41)30-13-8-14-32(23-30)39-43-38(28-10-4-3-5-11-28)44-40(45-39)33-17-16-27-9-6-7-12-29(27)22-33/h3-24H,1-2H3. The number of aromatic nitrogens is 3. The van der Waals surface area contributed by atoms with E-state index >= 15 is 0 Å². The Kier molecular flexibility index (Phi) is 6.15. The first-order chi connectivity index (χ1) is 22.0. The molecule has 4 nitrogen and oxygen atoms in total. The fraction of sp³-hybridized carbons (Fsp3) is 0.0732. The van der Waals surface area contributed by atoms with Gasteiger partial charge in [0.05, 0.1) is 11.6 Å². The lowest BCUT2D eigenvalue weighted by Gasteiger charge is -2.22. The highest BCUT2D eigenvalue weighted by Gasteiger charge is 2.35. The molecule has 0 atom stereocenters. The molecule has 0 unspecified atom stereocenters. The van der Waals surface area contributed by atoms with Crippen LogP contribution in [0, 0.1) is 11.3 Å². The van der Waals surface area contributed by atoms with Gasteiger partial charge in [0.2, 0.25) is 0 Å². The van der Waals surface area contributed by atoms with Crippen molar-refractivity contribution in [1.29, 1.82) is 5.26 Å². The summed E-state index contributed by atoms with van der Waals surface area (Å²) in [7, 11) is 0. The van der Waals surface area contributed by atoms with Crippen LogP contribution >= 0.6 is 0 Å². The third-order valence-corrected chi connectivity index (χ3v) is 8.93. The molecule has 0 bridgehead atoms. The Morgan fingerprint density at radius 2 is 1.02 bits per heavy atom. The highest BCUT2D eigenvalue weighted by molar-refractivity contribution is 5.87. The molecule has 8 rings (SSSR count). The Balaban J connectivity index is 1.23. The molecule has 0 saturated heterocycles. The molecule has 0 spiro atoms. The van der Waals surface area contributed by atoms with E-state index in [1.54, 1.807) is 0 Å². The summed E-state index contributed by atoms with van der Waals surface area (Å²) in [6.07, 6.45) is 0. The molecular weight excluding hydrogens is 548 g/mol. The maximum Gasteiger partial charge on any atom is 0.164 e. The molecule has 0 saturated carbocycles. The minimum absolute atomic E-state index is 0.210. The van der Waals surface area contributed by atoms with Crippen LogP contribution in [0.15, 0.2) is 133 Å². The van der Waals surface area contributed by atoms with Crippen molar-refractivity contribution in [2.75, 3.05) is 0 Å². The monoisotopic (exact) mass is 576 g/mol. The Bertz CT molecular complexity index is 2310. The lowest BCUT2D eigenvalue weighted by molar-refractivity contribution is 0.660. The molecule has 0 aliphatic heterocycles. The Morgan fingerprint density at radius 1 is 0.467 bits per heavy atom. The molecule has 1 aliphatic carbocycles. The van der Waals surface area contributed by atoms with E-state index < -0.39 is 0 Å². The van der Waals surface area contributed by atoms with Gasteiger partial charge >= 0.3 is 0 Å². The summed E-state index contributed by atoms with van der Waals surface area (Å²) in [5.41, 5.74) is 10.4. The highest BCUT2D eigenvalue weighted by Crippen LogP contribution is 2.50. The van der Waals surface area contributed by atoms with Crippen LogP contribution in [0.2, 0.25) is 0 Å². The minimum Gasteiger partial charge on any atom is -0.208 e. The van der Waals surface area contributed by atoms with E-state index in [-0.39, 0.29) is 5.41 Å². The van der Waals surface area contributed by atoms with E-state index in [1.807, 2.05) is 48.5 Å². The van der Waals surface area contributed by atoms with E-state index in [0.717, 1.165) is 33.2 Å². The summed E-state index contributed by atoms with van der Waals surface area (Å²) in [5, 5.41) is 11.8. The zero-order valence-corrected chi connectivity index (χ0v) is 25.0. The molecule has 0 N–H and O–H groups in total. The Labute approximate surface area is 262 Å². The topological polar surface area (TPSA) is 62.5 Å². The van der Waals surface area contributed by atoms with Crippen LogP contribution in [-0.4, -0.2) is 15.0 Å². The quantitative estimate of drug-likeness (QED) is 0.209. The first-order valence-electron chi connectivity index (χ1n) is 15.1. The second kappa shape index (κ2) is 10.4. The smallest absolute Gasteiger partial charge is 0.164 e. The fourth-order valence-corrected chi connectivity index (χ4v) is 6.50. The number of fused-ring (bicyclic) bond motifs is 4. The minimum atomic E-state index is -0.210. The number of hydrogen-bond acceptors (Lipinski definition) is 4. The van der Waals surface area contributed by atoms with Gasteiger partial charge in [-0.2, -0.15) is 5.26 Å². The molecule has 0 fully saturated rings. The maximum atomic E-state index is 9.51. The van der Waals surface area contributed by atoms with Crippen molar-refractivity contribution in [2.45, 2.75) is 19.3 Å². The van der Waals surface area contributed by atoms with Crippen LogP contribution in [0.3, 0.4) is 0 Å². The molecule has 1 heterocycles. The largest absolute Gasteiger partial charge is 0.208 e. The second-order valence-corrected chi connectivity index (χ2v) is 12.1. The van der Waals surface area contributed by atoms with Crippen molar-refractivity contribution >= 4 is 10.8 Å². The molecular formula is C41H28N4. The van der Waals surface area contributed by atoms with Gasteiger partial charge in [-0.15, -0.1) is 0 Å². The summed E-state index contributed by atoms with van der Waals surface area (Å²) in [6, 6.07) is 48.2. The van der Waals surface area contributed by atoms with Crippen molar-refractivity contribution < 1.29 is 0 Å². The van der Waals surface area contributed by atoms with Gasteiger partial charge in [0, 0.05) is 22.1 Å². The molecule has 0 radical (unpaired) electrons. The van der Waals surface area contributed by atoms with E-state index in [2.05, 4.69) is 105 Å². The van der Waals surface area contributed by atoms with Gasteiger partial charge in [-0.05, 0) is 74.5 Å². The van der Waals surface area contributed by atoms with Crippen LogP contribution < -0.4 is 0 Å². The van der Waals surface area contributed by atoms with Crippen LogP contribution in [0.1, 0.15) is 30.5 Å². The SMILES string of the molecule is CC1(C)c2cc(C#N)ccc2-c2ccc(-c3cccc(-c4nc(-c5ccccc5)nc(-c5ccc6ccccc6c5)n4)c3)cc21. The van der Waals surface area contributed by atoms with Crippen LogP contribution in [0.5, 0.6) is 0 Å². The predicted octanol–water partition coefficient (Wildman–Crippen LogP) is 9.87. The molecule has 212 valence electrons. The van der Waals surface area contributed by atoms with Gasteiger partial charge < -0.3 is 0 Å². The van der Waals surface area contributed by atoms with E-state index in [9.17, 15) is 5.26 Å². The Hall–Kier alpha value is -5.92. The van der Waals surface area contributed by atoms with Crippen molar-refractivity contribution in [2.24, 2.45) is 0 Å². The second-order valence-electron chi connectivity index (χ2n) is 12.1. The average Bonchev–Trinajstić information content (AvgIpc) is 3.33. The highest BCUT2D eigenvalue weighted by atomic mass is 15.0. The van der Waals surface area contributed by atoms with Gasteiger partial charge in [0.25, 0.3) is 0 Å². The molecule has 45 heavy (non-hydrogen) atoms. The van der Waals surface area contributed by atoms with Crippen LogP contribution in [0.25, 0.3) is 67.2 Å². The molecule has 1 aromatic heterocycles. The lowest BCUT2D eigenvalue weighted by atomic mass is 9.81. The molecule has 6 aromatic carbocycles. The molecule has 0 amide bonds. The number of benzene rings is 6. The van der Waals surface area contributed by atoms with Gasteiger partial charge in [0.1, 0.15) is 0 Å². The van der Waals surface area contributed by atoms with Gasteiger partial charge in [-0.3, -0.25) is 0 Å². The summed E-state index contributed by atoms with van der Waals surface area (Å²) in [5.74, 6) is 1.92. The van der Waals surface area contributed by atoms with Crippen molar-refractivity contribution in [3.63, 3.8) is 0 Å².